The van der Waals surface area contributed by atoms with Crippen LogP contribution in [-0.4, -0.2) is 36.7 Å². The zero-order valence-corrected chi connectivity index (χ0v) is 13.9. The Labute approximate surface area is 138 Å². The molecule has 0 aromatic rings. The number of aliphatic carboxylic acids is 1. The van der Waals surface area contributed by atoms with Crippen molar-refractivity contribution >= 4 is 11.9 Å². The van der Waals surface area contributed by atoms with E-state index in [1.165, 1.54) is 32.1 Å². The fourth-order valence-corrected chi connectivity index (χ4v) is 4.74. The molecule has 3 unspecified atom stereocenters. The van der Waals surface area contributed by atoms with Gasteiger partial charge in [-0.05, 0) is 43.9 Å². The summed E-state index contributed by atoms with van der Waals surface area (Å²) in [4.78, 5) is 24.2. The third kappa shape index (κ3) is 3.70. The van der Waals surface area contributed by atoms with E-state index in [0.29, 0.717) is 32.0 Å². The fourth-order valence-electron chi connectivity index (χ4n) is 4.74. The largest absolute Gasteiger partial charge is 0.481 e. The second-order valence-corrected chi connectivity index (χ2v) is 7.73. The average Bonchev–Trinajstić information content (AvgIpc) is 2.60. The van der Waals surface area contributed by atoms with Gasteiger partial charge in [-0.1, -0.05) is 25.7 Å². The number of carbonyl (C=O) groups excluding carboxylic acids is 1. The van der Waals surface area contributed by atoms with E-state index in [-0.39, 0.29) is 18.4 Å². The van der Waals surface area contributed by atoms with Gasteiger partial charge in [-0.25, -0.2) is 0 Å². The Morgan fingerprint density at radius 3 is 2.43 bits per heavy atom. The number of fused-ring (bicyclic) bond motifs is 1. The molecule has 1 saturated heterocycles. The van der Waals surface area contributed by atoms with Gasteiger partial charge < -0.3 is 15.2 Å². The molecular weight excluding hydrogens is 294 g/mol. The van der Waals surface area contributed by atoms with Gasteiger partial charge in [-0.3, -0.25) is 9.59 Å². The van der Waals surface area contributed by atoms with Crippen molar-refractivity contribution < 1.29 is 19.4 Å². The Morgan fingerprint density at radius 1 is 1.04 bits per heavy atom. The van der Waals surface area contributed by atoms with Crippen LogP contribution in [0.1, 0.15) is 57.8 Å². The molecule has 1 amide bonds. The molecule has 0 radical (unpaired) electrons. The van der Waals surface area contributed by atoms with Crippen LogP contribution in [0.3, 0.4) is 0 Å². The van der Waals surface area contributed by atoms with Crippen LogP contribution in [0.4, 0.5) is 0 Å². The van der Waals surface area contributed by atoms with Crippen molar-refractivity contribution in [2.75, 3.05) is 19.8 Å². The van der Waals surface area contributed by atoms with Crippen LogP contribution >= 0.6 is 0 Å². The SMILES string of the molecule is O=C(NCC1(C(=O)O)CCOCC1)C1CCC2CCCCC2C1. The first-order chi connectivity index (χ1) is 11.1. The molecule has 0 aromatic carbocycles. The highest BCUT2D eigenvalue weighted by molar-refractivity contribution is 5.81. The topological polar surface area (TPSA) is 75.6 Å². The van der Waals surface area contributed by atoms with Crippen LogP contribution in [0, 0.1) is 23.2 Å². The maximum atomic E-state index is 12.5. The highest BCUT2D eigenvalue weighted by Gasteiger charge is 2.41. The minimum absolute atomic E-state index is 0.0705. The van der Waals surface area contributed by atoms with Gasteiger partial charge in [0.2, 0.25) is 5.91 Å². The van der Waals surface area contributed by atoms with Crippen molar-refractivity contribution in [3.05, 3.63) is 0 Å². The number of carboxylic acid groups (broad SMARTS) is 1. The van der Waals surface area contributed by atoms with Gasteiger partial charge in [0.1, 0.15) is 0 Å². The van der Waals surface area contributed by atoms with Gasteiger partial charge in [-0.15, -0.1) is 0 Å². The first-order valence-electron chi connectivity index (χ1n) is 9.19. The molecule has 3 fully saturated rings. The third-order valence-corrected chi connectivity index (χ3v) is 6.42. The standard InChI is InChI=1S/C18H29NO4/c20-16(15-6-5-13-3-1-2-4-14(13)11-15)19-12-18(17(21)22)7-9-23-10-8-18/h13-15H,1-12H2,(H,19,20)(H,21,22). The van der Waals surface area contributed by atoms with E-state index in [1.54, 1.807) is 0 Å². The van der Waals surface area contributed by atoms with E-state index in [9.17, 15) is 14.7 Å². The Bertz CT molecular complexity index is 444. The summed E-state index contributed by atoms with van der Waals surface area (Å²) >= 11 is 0. The highest BCUT2D eigenvalue weighted by Crippen LogP contribution is 2.42. The van der Waals surface area contributed by atoms with Crippen molar-refractivity contribution in [1.29, 1.82) is 0 Å². The van der Waals surface area contributed by atoms with E-state index in [0.717, 1.165) is 18.8 Å². The molecule has 5 nitrogen and oxygen atoms in total. The molecule has 1 heterocycles. The zero-order valence-electron chi connectivity index (χ0n) is 13.9. The van der Waals surface area contributed by atoms with Crippen molar-refractivity contribution in [2.24, 2.45) is 23.2 Å². The second-order valence-electron chi connectivity index (χ2n) is 7.73. The van der Waals surface area contributed by atoms with Crippen LogP contribution in [-0.2, 0) is 14.3 Å². The molecule has 0 bridgehead atoms. The average molecular weight is 323 g/mol. The molecule has 1 aliphatic heterocycles. The maximum absolute atomic E-state index is 12.5. The molecule has 23 heavy (non-hydrogen) atoms. The molecule has 2 N–H and O–H groups in total. The summed E-state index contributed by atoms with van der Waals surface area (Å²) in [5.41, 5.74) is -0.837. The molecular formula is C18H29NO4. The van der Waals surface area contributed by atoms with Crippen LogP contribution in [0.2, 0.25) is 0 Å². The van der Waals surface area contributed by atoms with Gasteiger partial charge in [-0.2, -0.15) is 0 Å². The van der Waals surface area contributed by atoms with Crippen LogP contribution in [0.15, 0.2) is 0 Å². The lowest BCUT2D eigenvalue weighted by atomic mass is 9.67. The molecule has 130 valence electrons. The predicted molar refractivity (Wildman–Crippen MR) is 85.9 cm³/mol. The van der Waals surface area contributed by atoms with E-state index >= 15 is 0 Å². The molecule has 0 aromatic heterocycles. The van der Waals surface area contributed by atoms with Crippen molar-refractivity contribution in [1.82, 2.24) is 5.32 Å². The molecule has 3 atom stereocenters. The Kier molecular flexibility index (Phi) is 5.24. The number of rotatable bonds is 4. The Hall–Kier alpha value is -1.10. The normalized spacial score (nSPS) is 33.5. The summed E-state index contributed by atoms with van der Waals surface area (Å²) in [7, 11) is 0. The summed E-state index contributed by atoms with van der Waals surface area (Å²) in [5, 5.41) is 12.5. The number of ether oxygens (including phenoxy) is 1. The molecule has 2 aliphatic carbocycles. The first kappa shape index (κ1) is 16.7. The van der Waals surface area contributed by atoms with Crippen molar-refractivity contribution in [3.8, 4) is 0 Å². The summed E-state index contributed by atoms with van der Waals surface area (Å²) < 4.78 is 5.28. The minimum atomic E-state index is -0.837. The quantitative estimate of drug-likeness (QED) is 0.834. The fraction of sp³-hybridized carbons (Fsp3) is 0.889. The molecule has 2 saturated carbocycles. The van der Waals surface area contributed by atoms with Gasteiger partial charge in [0, 0.05) is 25.7 Å². The number of carboxylic acids is 1. The molecule has 3 aliphatic rings. The van der Waals surface area contributed by atoms with Crippen molar-refractivity contribution in [3.63, 3.8) is 0 Å². The summed E-state index contributed by atoms with van der Waals surface area (Å²) in [5.74, 6) is 0.886. The van der Waals surface area contributed by atoms with E-state index in [4.69, 9.17) is 4.74 Å². The molecule has 0 spiro atoms. The predicted octanol–water partition coefficient (Wildman–Crippen LogP) is 2.59. The van der Waals surface area contributed by atoms with E-state index in [2.05, 4.69) is 5.32 Å². The smallest absolute Gasteiger partial charge is 0.311 e. The van der Waals surface area contributed by atoms with E-state index < -0.39 is 11.4 Å². The van der Waals surface area contributed by atoms with E-state index in [1.807, 2.05) is 0 Å². The minimum Gasteiger partial charge on any atom is -0.481 e. The van der Waals surface area contributed by atoms with Crippen LogP contribution in [0.5, 0.6) is 0 Å². The third-order valence-electron chi connectivity index (χ3n) is 6.42. The monoisotopic (exact) mass is 323 g/mol. The Balaban J connectivity index is 1.53. The van der Waals surface area contributed by atoms with Gasteiger partial charge in [0.25, 0.3) is 0 Å². The van der Waals surface area contributed by atoms with Gasteiger partial charge in [0.15, 0.2) is 0 Å². The number of carbonyl (C=O) groups is 2. The number of hydrogen-bond donors (Lipinski definition) is 2. The maximum Gasteiger partial charge on any atom is 0.311 e. The van der Waals surface area contributed by atoms with Crippen LogP contribution < -0.4 is 5.32 Å². The summed E-state index contributed by atoms with van der Waals surface area (Å²) in [6, 6.07) is 0. The Morgan fingerprint density at radius 2 is 1.74 bits per heavy atom. The number of amides is 1. The van der Waals surface area contributed by atoms with Crippen molar-refractivity contribution in [2.45, 2.75) is 57.8 Å². The van der Waals surface area contributed by atoms with Crippen LogP contribution in [0.25, 0.3) is 0 Å². The lowest BCUT2D eigenvalue weighted by Gasteiger charge is -2.39. The summed E-state index contributed by atoms with van der Waals surface area (Å²) in [6.45, 7) is 1.18. The molecule has 5 heteroatoms. The number of hydrogen-bond acceptors (Lipinski definition) is 3. The van der Waals surface area contributed by atoms with Gasteiger partial charge >= 0.3 is 5.97 Å². The zero-order chi connectivity index (χ0) is 16.3. The number of nitrogens with one attached hydrogen (secondary N) is 1. The lowest BCUT2D eigenvalue weighted by molar-refractivity contribution is -0.154. The second kappa shape index (κ2) is 7.20. The lowest BCUT2D eigenvalue weighted by Crippen LogP contribution is -2.48. The summed E-state index contributed by atoms with van der Waals surface area (Å²) in [6.07, 6.45) is 9.36. The van der Waals surface area contributed by atoms with Gasteiger partial charge in [0.05, 0.1) is 5.41 Å². The molecule has 3 rings (SSSR count). The first-order valence-corrected chi connectivity index (χ1v) is 9.19. The highest BCUT2D eigenvalue weighted by atomic mass is 16.5.